The van der Waals surface area contributed by atoms with Crippen LogP contribution in [0.5, 0.6) is 11.5 Å². The molecule has 1 N–H and O–H groups in total. The first-order valence-electron chi connectivity index (χ1n) is 9.86. The lowest BCUT2D eigenvalue weighted by Crippen LogP contribution is -2.15. The molecule has 0 atom stereocenters. The summed E-state index contributed by atoms with van der Waals surface area (Å²) < 4.78 is 13.2. The molecule has 31 heavy (non-hydrogen) atoms. The molecule has 0 radical (unpaired) electrons. The molecule has 0 fully saturated rings. The number of fused-ring (bicyclic) bond motifs is 1. The summed E-state index contributed by atoms with van der Waals surface area (Å²) in [4.78, 5) is 0. The molecule has 0 amide bonds. The maximum absolute atomic E-state index is 5.95. The smallest absolute Gasteiger partial charge is 0.162 e. The van der Waals surface area contributed by atoms with Crippen molar-refractivity contribution in [3.63, 3.8) is 0 Å². The molecule has 0 unspecified atom stereocenters. The molecule has 1 aromatic heterocycles. The molecule has 0 saturated carbocycles. The molecule has 2 heterocycles. The third-order valence-electron chi connectivity index (χ3n) is 4.82. The Morgan fingerprint density at radius 3 is 2.52 bits per heavy atom. The van der Waals surface area contributed by atoms with Gasteiger partial charge in [-0.25, -0.2) is 4.68 Å². The van der Waals surface area contributed by atoms with Gasteiger partial charge in [0.2, 0.25) is 0 Å². The van der Waals surface area contributed by atoms with E-state index in [0.717, 1.165) is 39.7 Å². The Hall–Kier alpha value is -3.77. The first-order valence-corrected chi connectivity index (χ1v) is 10.2. The summed E-state index contributed by atoms with van der Waals surface area (Å²) in [5.74, 6) is 1.47. The Kier molecular flexibility index (Phi) is 5.29. The maximum atomic E-state index is 5.95. The zero-order valence-electron chi connectivity index (χ0n) is 16.5. The van der Waals surface area contributed by atoms with Crippen LogP contribution in [0.15, 0.2) is 84.1 Å². The number of anilines is 1. The lowest BCUT2D eigenvalue weighted by Gasteiger charge is -2.18. The SMILES string of the molecule is Clc1ccc(N/N=C\c2cn(-c3ccccc3)nc2-c2ccc3c(c2)OCCO3)cc1. The largest absolute Gasteiger partial charge is 0.486 e. The first kappa shape index (κ1) is 19.2. The topological polar surface area (TPSA) is 60.7 Å². The highest BCUT2D eigenvalue weighted by atomic mass is 35.5. The molecule has 0 aliphatic carbocycles. The van der Waals surface area contributed by atoms with Gasteiger partial charge in [-0.15, -0.1) is 0 Å². The van der Waals surface area contributed by atoms with E-state index in [-0.39, 0.29) is 0 Å². The van der Waals surface area contributed by atoms with E-state index in [1.807, 2.05) is 83.7 Å². The van der Waals surface area contributed by atoms with Gasteiger partial charge in [0, 0.05) is 22.3 Å². The van der Waals surface area contributed by atoms with E-state index < -0.39 is 0 Å². The summed E-state index contributed by atoms with van der Waals surface area (Å²) in [6, 6.07) is 23.2. The average Bonchev–Trinajstić information content (AvgIpc) is 3.25. The molecule has 4 aromatic rings. The number of benzene rings is 3. The number of rotatable bonds is 5. The zero-order chi connectivity index (χ0) is 21.0. The number of halogens is 1. The van der Waals surface area contributed by atoms with Crippen molar-refractivity contribution in [2.45, 2.75) is 0 Å². The van der Waals surface area contributed by atoms with Gasteiger partial charge >= 0.3 is 0 Å². The van der Waals surface area contributed by atoms with Crippen molar-refractivity contribution in [1.29, 1.82) is 0 Å². The number of hydrogen-bond acceptors (Lipinski definition) is 5. The molecule has 6 nitrogen and oxygen atoms in total. The molecule has 7 heteroatoms. The number of para-hydroxylation sites is 1. The third kappa shape index (κ3) is 4.25. The van der Waals surface area contributed by atoms with Crippen LogP contribution in [0.25, 0.3) is 16.9 Å². The zero-order valence-corrected chi connectivity index (χ0v) is 17.3. The van der Waals surface area contributed by atoms with E-state index in [1.165, 1.54) is 0 Å². The van der Waals surface area contributed by atoms with Crippen molar-refractivity contribution in [2.75, 3.05) is 18.6 Å². The fraction of sp³-hybridized carbons (Fsp3) is 0.0833. The number of ether oxygens (including phenoxy) is 2. The lowest BCUT2D eigenvalue weighted by atomic mass is 10.1. The van der Waals surface area contributed by atoms with Crippen LogP contribution in [0.1, 0.15) is 5.56 Å². The second-order valence-electron chi connectivity index (χ2n) is 6.95. The highest BCUT2D eigenvalue weighted by Gasteiger charge is 2.16. The Bertz CT molecular complexity index is 1220. The fourth-order valence-electron chi connectivity index (χ4n) is 3.31. The van der Waals surface area contributed by atoms with Gasteiger partial charge in [-0.2, -0.15) is 10.2 Å². The van der Waals surface area contributed by atoms with Crippen LogP contribution in [-0.2, 0) is 0 Å². The van der Waals surface area contributed by atoms with Crippen LogP contribution in [0.3, 0.4) is 0 Å². The van der Waals surface area contributed by atoms with Crippen molar-refractivity contribution in [3.05, 3.63) is 89.6 Å². The van der Waals surface area contributed by atoms with Crippen LogP contribution >= 0.6 is 11.6 Å². The molecule has 0 spiro atoms. The van der Waals surface area contributed by atoms with E-state index in [2.05, 4.69) is 10.5 Å². The van der Waals surface area contributed by atoms with E-state index >= 15 is 0 Å². The average molecular weight is 431 g/mol. The van der Waals surface area contributed by atoms with Crippen molar-refractivity contribution >= 4 is 23.5 Å². The minimum Gasteiger partial charge on any atom is -0.486 e. The molecule has 154 valence electrons. The Labute approximate surface area is 184 Å². The Morgan fingerprint density at radius 2 is 1.71 bits per heavy atom. The van der Waals surface area contributed by atoms with Crippen molar-refractivity contribution in [1.82, 2.24) is 9.78 Å². The van der Waals surface area contributed by atoms with E-state index in [1.54, 1.807) is 6.21 Å². The number of hydrogen-bond donors (Lipinski definition) is 1. The van der Waals surface area contributed by atoms with Gasteiger partial charge < -0.3 is 9.47 Å². The number of hydrazone groups is 1. The van der Waals surface area contributed by atoms with Gasteiger partial charge in [0.05, 0.1) is 17.6 Å². The predicted molar refractivity (Wildman–Crippen MR) is 123 cm³/mol. The van der Waals surface area contributed by atoms with Gasteiger partial charge in [-0.1, -0.05) is 29.8 Å². The summed E-state index contributed by atoms with van der Waals surface area (Å²) in [5, 5.41) is 9.90. The van der Waals surface area contributed by atoms with Crippen molar-refractivity contribution < 1.29 is 9.47 Å². The van der Waals surface area contributed by atoms with E-state index in [4.69, 9.17) is 26.2 Å². The van der Waals surface area contributed by atoms with Gasteiger partial charge in [0.15, 0.2) is 11.5 Å². The molecule has 5 rings (SSSR count). The van der Waals surface area contributed by atoms with Crippen LogP contribution < -0.4 is 14.9 Å². The summed E-state index contributed by atoms with van der Waals surface area (Å²) in [5.41, 5.74) is 7.42. The normalized spacial score (nSPS) is 12.8. The summed E-state index contributed by atoms with van der Waals surface area (Å²) >= 11 is 5.95. The van der Waals surface area contributed by atoms with Crippen LogP contribution in [0.4, 0.5) is 5.69 Å². The van der Waals surface area contributed by atoms with E-state index in [9.17, 15) is 0 Å². The molecule has 1 aliphatic heterocycles. The minimum atomic E-state index is 0.536. The number of nitrogens with one attached hydrogen (secondary N) is 1. The third-order valence-corrected chi connectivity index (χ3v) is 5.07. The van der Waals surface area contributed by atoms with Crippen LogP contribution in [0, 0.1) is 0 Å². The standard InChI is InChI=1S/C24H19ClN4O2/c25-19-7-9-20(10-8-19)27-26-15-18-16-29(21-4-2-1-3-5-21)28-24(18)17-6-11-22-23(14-17)31-13-12-30-22/h1-11,14-16,27H,12-13H2/b26-15-. The predicted octanol–water partition coefficient (Wildman–Crippen LogP) is 5.41. The second kappa shape index (κ2) is 8.53. The van der Waals surface area contributed by atoms with Gasteiger partial charge in [-0.05, 0) is 54.6 Å². The summed E-state index contributed by atoms with van der Waals surface area (Å²) in [7, 11) is 0. The van der Waals surface area contributed by atoms with Crippen LogP contribution in [0.2, 0.25) is 5.02 Å². The van der Waals surface area contributed by atoms with Crippen molar-refractivity contribution in [3.8, 4) is 28.4 Å². The minimum absolute atomic E-state index is 0.536. The van der Waals surface area contributed by atoms with E-state index in [0.29, 0.717) is 18.2 Å². The van der Waals surface area contributed by atoms with Crippen LogP contribution in [-0.4, -0.2) is 29.2 Å². The quantitative estimate of drug-likeness (QED) is 0.339. The molecule has 0 bridgehead atoms. The Balaban J connectivity index is 1.50. The van der Waals surface area contributed by atoms with Gasteiger partial charge in [-0.3, -0.25) is 5.43 Å². The molecule has 0 saturated heterocycles. The molecule has 3 aromatic carbocycles. The van der Waals surface area contributed by atoms with Gasteiger partial charge in [0.1, 0.15) is 18.9 Å². The summed E-state index contributed by atoms with van der Waals surface area (Å²) in [6.07, 6.45) is 3.71. The second-order valence-corrected chi connectivity index (χ2v) is 7.38. The lowest BCUT2D eigenvalue weighted by molar-refractivity contribution is 0.171. The highest BCUT2D eigenvalue weighted by molar-refractivity contribution is 6.30. The molecular formula is C24H19ClN4O2. The van der Waals surface area contributed by atoms with Crippen molar-refractivity contribution in [2.24, 2.45) is 5.10 Å². The number of aromatic nitrogens is 2. The fourth-order valence-corrected chi connectivity index (χ4v) is 3.44. The summed E-state index contributed by atoms with van der Waals surface area (Å²) in [6.45, 7) is 1.09. The Morgan fingerprint density at radius 1 is 0.935 bits per heavy atom. The monoisotopic (exact) mass is 430 g/mol. The maximum Gasteiger partial charge on any atom is 0.162 e. The molecular weight excluding hydrogens is 412 g/mol. The van der Waals surface area contributed by atoms with Gasteiger partial charge in [0.25, 0.3) is 0 Å². The molecule has 1 aliphatic rings. The number of nitrogens with zero attached hydrogens (tertiary/aromatic N) is 3. The highest BCUT2D eigenvalue weighted by Crippen LogP contribution is 2.35. The first-order chi connectivity index (χ1) is 15.3.